The number of aromatic amines is 1. The highest BCUT2D eigenvalue weighted by Crippen LogP contribution is 2.37. The number of alkyl halides is 3. The summed E-state index contributed by atoms with van der Waals surface area (Å²) in [6, 6.07) is 11.2. The summed E-state index contributed by atoms with van der Waals surface area (Å²) in [7, 11) is 0. The molecule has 4 aromatic rings. The molecule has 1 amide bonds. The molecule has 0 spiro atoms. The summed E-state index contributed by atoms with van der Waals surface area (Å²) < 4.78 is 70.0. The van der Waals surface area contributed by atoms with Crippen molar-refractivity contribution in [2.75, 3.05) is 5.32 Å². The summed E-state index contributed by atoms with van der Waals surface area (Å²) >= 11 is 11.2. The van der Waals surface area contributed by atoms with Crippen molar-refractivity contribution in [1.82, 2.24) is 4.98 Å². The van der Waals surface area contributed by atoms with E-state index in [-0.39, 0.29) is 32.8 Å². The van der Waals surface area contributed by atoms with E-state index in [4.69, 9.17) is 33.0 Å². The number of carbonyl (C=O) groups excluding carboxylic acids is 1. The van der Waals surface area contributed by atoms with Crippen LogP contribution in [0.1, 0.15) is 15.9 Å². The van der Waals surface area contributed by atoms with Crippen LogP contribution in [0.25, 0.3) is 0 Å². The van der Waals surface area contributed by atoms with Crippen LogP contribution in [0.4, 0.5) is 27.6 Å². The van der Waals surface area contributed by atoms with E-state index in [1.165, 1.54) is 18.3 Å². The fourth-order valence-corrected chi connectivity index (χ4v) is 3.22. The Balaban J connectivity index is 0.000000375. The molecular formula is C25H15Cl2F5N2O4. The predicted octanol–water partition coefficient (Wildman–Crippen LogP) is 7.42. The van der Waals surface area contributed by atoms with E-state index in [0.717, 1.165) is 42.5 Å². The van der Waals surface area contributed by atoms with Crippen LogP contribution in [0.3, 0.4) is 0 Å². The van der Waals surface area contributed by atoms with Crippen molar-refractivity contribution in [2.45, 2.75) is 6.18 Å². The number of phenolic OH excluding ortho intramolecular Hbond substituents is 1. The quantitative estimate of drug-likeness (QED) is 0.222. The lowest BCUT2D eigenvalue weighted by molar-refractivity contribution is -0.137. The van der Waals surface area contributed by atoms with Crippen LogP contribution in [-0.4, -0.2) is 16.0 Å². The number of ether oxygens (including phenoxy) is 1. The second kappa shape index (κ2) is 12.0. The van der Waals surface area contributed by atoms with Gasteiger partial charge in [0.1, 0.15) is 28.9 Å². The van der Waals surface area contributed by atoms with Gasteiger partial charge in [-0.15, -0.1) is 0 Å². The van der Waals surface area contributed by atoms with Crippen molar-refractivity contribution < 1.29 is 36.6 Å². The number of hydrogen-bond donors (Lipinski definition) is 3. The van der Waals surface area contributed by atoms with Crippen LogP contribution < -0.4 is 15.6 Å². The number of benzene rings is 3. The molecule has 0 aliphatic carbocycles. The molecule has 3 N–H and O–H groups in total. The zero-order chi connectivity index (χ0) is 28.0. The standard InChI is InChI=1S/C19H11ClF4N2O3.C6H4ClFO/c20-14-8-11(21)2-4-15(14)29-16-7-10(19(22,23)24)1-3-13(16)18(28)26-12-5-6-25-17(27)9-12;7-5-3-4(8)1-2-6(5)9/h1-9H,(H2,25,26,27,28);1-3,9H. The summed E-state index contributed by atoms with van der Waals surface area (Å²) in [5.74, 6) is -2.62. The summed E-state index contributed by atoms with van der Waals surface area (Å²) in [5.41, 5.74) is -1.66. The Bertz CT molecular complexity index is 1530. The number of anilines is 1. The lowest BCUT2D eigenvalue weighted by Crippen LogP contribution is -2.16. The van der Waals surface area contributed by atoms with Crippen LogP contribution in [0.15, 0.2) is 77.7 Å². The molecule has 4 rings (SSSR count). The zero-order valence-corrected chi connectivity index (χ0v) is 20.3. The highest BCUT2D eigenvalue weighted by atomic mass is 35.5. The van der Waals surface area contributed by atoms with Gasteiger partial charge in [-0.1, -0.05) is 23.2 Å². The molecule has 198 valence electrons. The zero-order valence-electron chi connectivity index (χ0n) is 18.7. The number of carbonyl (C=O) groups is 1. The molecule has 0 aliphatic rings. The molecule has 0 aliphatic heterocycles. The SMILES string of the molecule is O=C(Nc1cc[nH]c(=O)c1)c1ccc(C(F)(F)F)cc1Oc1ccc(F)cc1Cl.Oc1ccc(F)cc1Cl. The largest absolute Gasteiger partial charge is 0.506 e. The second-order valence-corrected chi connectivity index (χ2v) is 8.19. The number of nitrogens with one attached hydrogen (secondary N) is 2. The van der Waals surface area contributed by atoms with Crippen molar-refractivity contribution in [3.8, 4) is 17.2 Å². The molecule has 1 heterocycles. The maximum atomic E-state index is 13.2. The van der Waals surface area contributed by atoms with E-state index in [9.17, 15) is 31.5 Å². The summed E-state index contributed by atoms with van der Waals surface area (Å²) in [4.78, 5) is 26.3. The first kappa shape index (κ1) is 28.5. The smallest absolute Gasteiger partial charge is 0.416 e. The van der Waals surface area contributed by atoms with Gasteiger partial charge in [0.05, 0.1) is 21.2 Å². The molecule has 1 aromatic heterocycles. The van der Waals surface area contributed by atoms with Crippen LogP contribution in [0, 0.1) is 11.6 Å². The molecular weight excluding hydrogens is 558 g/mol. The second-order valence-electron chi connectivity index (χ2n) is 7.38. The summed E-state index contributed by atoms with van der Waals surface area (Å²) in [6.07, 6.45) is -3.40. The first-order chi connectivity index (χ1) is 17.8. The number of amides is 1. The van der Waals surface area contributed by atoms with Gasteiger partial charge in [-0.2, -0.15) is 13.2 Å². The third kappa shape index (κ3) is 7.70. The molecule has 0 atom stereocenters. The molecule has 0 saturated heterocycles. The number of aromatic hydroxyl groups is 1. The van der Waals surface area contributed by atoms with E-state index < -0.39 is 40.6 Å². The number of H-pyrrole nitrogens is 1. The van der Waals surface area contributed by atoms with Gasteiger partial charge in [0.25, 0.3) is 5.91 Å². The van der Waals surface area contributed by atoms with E-state index in [1.54, 1.807) is 0 Å². The third-order valence-electron chi connectivity index (χ3n) is 4.61. The molecule has 0 bridgehead atoms. The minimum Gasteiger partial charge on any atom is -0.506 e. The van der Waals surface area contributed by atoms with Crippen molar-refractivity contribution in [3.63, 3.8) is 0 Å². The minimum absolute atomic E-state index is 0.0370. The Labute approximate surface area is 221 Å². The van der Waals surface area contributed by atoms with E-state index >= 15 is 0 Å². The average molecular weight is 573 g/mol. The molecule has 38 heavy (non-hydrogen) atoms. The normalized spacial score (nSPS) is 10.8. The fourth-order valence-electron chi connectivity index (χ4n) is 2.85. The van der Waals surface area contributed by atoms with Crippen molar-refractivity contribution in [1.29, 1.82) is 0 Å². The van der Waals surface area contributed by atoms with Gasteiger partial charge in [0.2, 0.25) is 5.56 Å². The lowest BCUT2D eigenvalue weighted by Gasteiger charge is -2.15. The van der Waals surface area contributed by atoms with Crippen molar-refractivity contribution >= 4 is 34.8 Å². The summed E-state index contributed by atoms with van der Waals surface area (Å²) in [5, 5.41) is 11.0. The Hall–Kier alpha value is -4.09. The van der Waals surface area contributed by atoms with Gasteiger partial charge >= 0.3 is 6.18 Å². The van der Waals surface area contributed by atoms with E-state index in [2.05, 4.69) is 10.3 Å². The maximum absolute atomic E-state index is 13.2. The highest BCUT2D eigenvalue weighted by molar-refractivity contribution is 6.32. The number of pyridine rings is 1. The van der Waals surface area contributed by atoms with Gasteiger partial charge in [0, 0.05) is 18.0 Å². The topological polar surface area (TPSA) is 91.4 Å². The van der Waals surface area contributed by atoms with E-state index in [0.29, 0.717) is 12.1 Å². The van der Waals surface area contributed by atoms with Gasteiger partial charge in [-0.3, -0.25) is 9.59 Å². The number of hydrogen-bond acceptors (Lipinski definition) is 4. The molecule has 0 unspecified atom stereocenters. The molecule has 13 heteroatoms. The van der Waals surface area contributed by atoms with Crippen molar-refractivity contribution in [3.05, 3.63) is 116 Å². The monoisotopic (exact) mass is 572 g/mol. The number of aromatic nitrogens is 1. The van der Waals surface area contributed by atoms with Gasteiger partial charge in [-0.25, -0.2) is 8.78 Å². The predicted molar refractivity (Wildman–Crippen MR) is 131 cm³/mol. The van der Waals surface area contributed by atoms with Crippen LogP contribution in [0.2, 0.25) is 10.0 Å². The Kier molecular flexibility index (Phi) is 8.97. The van der Waals surface area contributed by atoms with Gasteiger partial charge < -0.3 is 20.1 Å². The number of phenols is 1. The molecule has 6 nitrogen and oxygen atoms in total. The van der Waals surface area contributed by atoms with Gasteiger partial charge in [-0.05, 0) is 60.7 Å². The first-order valence-electron chi connectivity index (χ1n) is 10.3. The molecule has 3 aromatic carbocycles. The Morgan fingerprint density at radius 1 is 0.868 bits per heavy atom. The number of halogens is 7. The minimum atomic E-state index is -4.69. The summed E-state index contributed by atoms with van der Waals surface area (Å²) in [6.45, 7) is 0. The van der Waals surface area contributed by atoms with E-state index in [1.807, 2.05) is 0 Å². The van der Waals surface area contributed by atoms with Crippen molar-refractivity contribution in [2.24, 2.45) is 0 Å². The van der Waals surface area contributed by atoms with Crippen LogP contribution >= 0.6 is 23.2 Å². The fraction of sp³-hybridized carbons (Fsp3) is 0.0400. The van der Waals surface area contributed by atoms with Crippen LogP contribution in [0.5, 0.6) is 17.2 Å². The van der Waals surface area contributed by atoms with Gasteiger partial charge in [0.15, 0.2) is 0 Å². The molecule has 0 saturated carbocycles. The Morgan fingerprint density at radius 2 is 1.53 bits per heavy atom. The average Bonchev–Trinajstić information content (AvgIpc) is 2.83. The Morgan fingerprint density at radius 3 is 2.11 bits per heavy atom. The third-order valence-corrected chi connectivity index (χ3v) is 5.21. The maximum Gasteiger partial charge on any atom is 0.416 e. The lowest BCUT2D eigenvalue weighted by atomic mass is 10.1. The number of rotatable bonds is 4. The first-order valence-corrected chi connectivity index (χ1v) is 11.1. The van der Waals surface area contributed by atoms with Crippen LogP contribution in [-0.2, 0) is 6.18 Å². The highest BCUT2D eigenvalue weighted by Gasteiger charge is 2.32. The molecule has 0 fully saturated rings. The molecule has 0 radical (unpaired) electrons.